The maximum absolute atomic E-state index is 12.6. The lowest BCUT2D eigenvalue weighted by Crippen LogP contribution is -2.46. The van der Waals surface area contributed by atoms with E-state index in [-0.39, 0.29) is 5.91 Å². The number of carbonyl (C=O) groups is 1. The molecule has 2 saturated heterocycles. The van der Waals surface area contributed by atoms with Gasteiger partial charge in [-0.1, -0.05) is 24.3 Å². The lowest BCUT2D eigenvalue weighted by Gasteiger charge is -2.36. The number of nitrogens with one attached hydrogen (secondary N) is 2. The molecule has 2 fully saturated rings. The van der Waals surface area contributed by atoms with Crippen LogP contribution in [0.3, 0.4) is 0 Å². The zero-order valence-corrected chi connectivity index (χ0v) is 15.1. The monoisotopic (exact) mass is 351 g/mol. The first kappa shape index (κ1) is 17.1. The Hall–Kier alpha value is -2.31. The zero-order chi connectivity index (χ0) is 17.9. The van der Waals surface area contributed by atoms with Crippen molar-refractivity contribution in [3.8, 4) is 0 Å². The molecule has 2 atom stereocenters. The fourth-order valence-electron chi connectivity index (χ4n) is 4.31. The predicted molar refractivity (Wildman–Crippen MR) is 99.5 cm³/mol. The van der Waals surface area contributed by atoms with Crippen LogP contribution in [0.25, 0.3) is 0 Å². The minimum Gasteiger partial charge on any atom is -0.337 e. The Labute approximate surface area is 154 Å². The first-order chi connectivity index (χ1) is 12.7. The number of hydrogen-bond donors (Lipinski definition) is 2. The molecule has 26 heavy (non-hydrogen) atoms. The van der Waals surface area contributed by atoms with Gasteiger partial charge >= 0.3 is 0 Å². The Morgan fingerprint density at radius 3 is 2.69 bits per heavy atom. The number of hydrogen-bond acceptors (Lipinski definition) is 5. The highest BCUT2D eigenvalue weighted by atomic mass is 16.2. The third-order valence-corrected chi connectivity index (χ3v) is 5.74. The first-order valence-corrected chi connectivity index (χ1v) is 9.35. The third kappa shape index (κ3) is 3.34. The molecule has 0 spiro atoms. The molecular formula is C20H25N5O. The second kappa shape index (κ2) is 7.51. The van der Waals surface area contributed by atoms with Crippen LogP contribution >= 0.6 is 0 Å². The van der Waals surface area contributed by atoms with Crippen molar-refractivity contribution in [1.29, 1.82) is 0 Å². The third-order valence-electron chi connectivity index (χ3n) is 5.74. The first-order valence-electron chi connectivity index (χ1n) is 9.35. The summed E-state index contributed by atoms with van der Waals surface area (Å²) in [6.45, 7) is 4.69. The van der Waals surface area contributed by atoms with Crippen LogP contribution in [0.4, 0.5) is 0 Å². The summed E-state index contributed by atoms with van der Waals surface area (Å²) in [4.78, 5) is 14.5. The average molecular weight is 351 g/mol. The van der Waals surface area contributed by atoms with E-state index in [1.165, 1.54) is 11.1 Å². The minimum absolute atomic E-state index is 0.00971. The lowest BCUT2D eigenvalue weighted by atomic mass is 9.79. The van der Waals surface area contributed by atoms with Gasteiger partial charge in [-0.3, -0.25) is 15.6 Å². The highest BCUT2D eigenvalue weighted by Crippen LogP contribution is 2.33. The summed E-state index contributed by atoms with van der Waals surface area (Å²) in [6, 6.07) is 12.6. The van der Waals surface area contributed by atoms with Crippen molar-refractivity contribution in [1.82, 2.24) is 25.9 Å². The number of rotatable bonds is 3. The van der Waals surface area contributed by atoms with Crippen LogP contribution in [0.15, 0.2) is 42.6 Å². The number of carbonyl (C=O) groups excluding carboxylic acids is 1. The predicted octanol–water partition coefficient (Wildman–Crippen LogP) is 1.90. The van der Waals surface area contributed by atoms with Gasteiger partial charge in [-0.15, -0.1) is 5.10 Å². The maximum atomic E-state index is 12.6. The lowest BCUT2D eigenvalue weighted by molar-refractivity contribution is 0.0663. The van der Waals surface area contributed by atoms with E-state index in [2.05, 4.69) is 52.2 Å². The normalized spacial score (nSPS) is 24.0. The van der Waals surface area contributed by atoms with Gasteiger partial charge in [0.25, 0.3) is 5.91 Å². The Balaban J connectivity index is 1.41. The van der Waals surface area contributed by atoms with Crippen molar-refractivity contribution in [2.75, 3.05) is 19.6 Å². The van der Waals surface area contributed by atoms with Crippen LogP contribution in [0.1, 0.15) is 40.4 Å². The van der Waals surface area contributed by atoms with Gasteiger partial charge in [0.05, 0.1) is 0 Å². The molecule has 0 saturated carbocycles. The van der Waals surface area contributed by atoms with Gasteiger partial charge in [0, 0.05) is 37.8 Å². The van der Waals surface area contributed by atoms with Gasteiger partial charge in [0.1, 0.15) is 0 Å². The maximum Gasteiger partial charge on any atom is 0.274 e. The van der Waals surface area contributed by atoms with E-state index in [0.717, 1.165) is 32.5 Å². The minimum atomic E-state index is -0.00971. The van der Waals surface area contributed by atoms with Crippen LogP contribution in [-0.2, 0) is 0 Å². The Kier molecular flexibility index (Phi) is 4.95. The summed E-state index contributed by atoms with van der Waals surface area (Å²) in [6.07, 6.45) is 3.61. The van der Waals surface area contributed by atoms with Gasteiger partial charge in [-0.05, 0) is 48.9 Å². The molecule has 2 aliphatic heterocycles. The second-order valence-corrected chi connectivity index (χ2v) is 7.25. The average Bonchev–Trinajstić information content (AvgIpc) is 3.18. The second-order valence-electron chi connectivity index (χ2n) is 7.25. The summed E-state index contributed by atoms with van der Waals surface area (Å²) >= 11 is 0. The Morgan fingerprint density at radius 1 is 1.15 bits per heavy atom. The Morgan fingerprint density at radius 2 is 1.96 bits per heavy atom. The van der Waals surface area contributed by atoms with Crippen molar-refractivity contribution in [2.45, 2.75) is 31.7 Å². The van der Waals surface area contributed by atoms with Gasteiger partial charge in [-0.25, -0.2) is 0 Å². The molecule has 2 aromatic rings. The van der Waals surface area contributed by atoms with Crippen LogP contribution < -0.4 is 10.9 Å². The zero-order valence-electron chi connectivity index (χ0n) is 15.1. The fourth-order valence-corrected chi connectivity index (χ4v) is 4.31. The van der Waals surface area contributed by atoms with E-state index in [1.807, 2.05) is 4.90 Å². The van der Waals surface area contributed by atoms with E-state index in [9.17, 15) is 4.79 Å². The van der Waals surface area contributed by atoms with E-state index < -0.39 is 0 Å². The van der Waals surface area contributed by atoms with Crippen molar-refractivity contribution < 1.29 is 4.79 Å². The Bertz CT molecular complexity index is 758. The van der Waals surface area contributed by atoms with Gasteiger partial charge < -0.3 is 4.90 Å². The van der Waals surface area contributed by atoms with E-state index in [1.54, 1.807) is 18.3 Å². The number of piperidine rings is 1. The van der Waals surface area contributed by atoms with Crippen LogP contribution in [0.5, 0.6) is 0 Å². The molecule has 3 heterocycles. The quantitative estimate of drug-likeness (QED) is 0.884. The molecule has 0 aliphatic carbocycles. The number of likely N-dealkylation sites (tertiary alicyclic amines) is 1. The molecule has 2 aliphatic rings. The summed E-state index contributed by atoms with van der Waals surface area (Å²) in [5, 5.41) is 7.76. The summed E-state index contributed by atoms with van der Waals surface area (Å²) < 4.78 is 0. The molecule has 2 N–H and O–H groups in total. The molecule has 2 unspecified atom stereocenters. The summed E-state index contributed by atoms with van der Waals surface area (Å²) in [5.74, 6) is 1.02. The molecule has 6 nitrogen and oxygen atoms in total. The number of nitrogens with zero attached hydrogens (tertiary/aromatic N) is 3. The fraction of sp³-hybridized carbons (Fsp3) is 0.450. The number of hydrazine groups is 1. The van der Waals surface area contributed by atoms with Gasteiger partial charge in [-0.2, -0.15) is 5.10 Å². The molecule has 1 aromatic carbocycles. The van der Waals surface area contributed by atoms with Crippen molar-refractivity contribution in [3.63, 3.8) is 0 Å². The van der Waals surface area contributed by atoms with Crippen molar-refractivity contribution in [3.05, 3.63) is 59.4 Å². The number of aryl methyl sites for hydroxylation is 1. The molecule has 0 radical (unpaired) electrons. The van der Waals surface area contributed by atoms with Gasteiger partial charge in [0.15, 0.2) is 5.69 Å². The largest absolute Gasteiger partial charge is 0.337 e. The van der Waals surface area contributed by atoms with Crippen molar-refractivity contribution in [2.24, 2.45) is 5.92 Å². The van der Waals surface area contributed by atoms with Gasteiger partial charge in [0.2, 0.25) is 0 Å². The molecule has 6 heteroatoms. The highest BCUT2D eigenvalue weighted by Gasteiger charge is 2.37. The smallest absolute Gasteiger partial charge is 0.274 e. The molecule has 0 bridgehead atoms. The topological polar surface area (TPSA) is 70.2 Å². The van der Waals surface area contributed by atoms with E-state index in [4.69, 9.17) is 0 Å². The standard InChI is InChI=1S/C20H25N5O/c1-14-5-2-3-6-16(14)17-13-22-24-19(17)15-8-11-25(12-9-15)20(26)18-7-4-10-21-23-18/h2-7,10,15,17,19,22,24H,8-9,11-13H2,1H3. The molecular weight excluding hydrogens is 326 g/mol. The SMILES string of the molecule is Cc1ccccc1C1CNNC1C1CCN(C(=O)c2cccnn2)CC1. The molecule has 136 valence electrons. The van der Waals surface area contributed by atoms with E-state index in [0.29, 0.717) is 23.6 Å². The number of benzene rings is 1. The summed E-state index contributed by atoms with van der Waals surface area (Å²) in [5.41, 5.74) is 10.1. The van der Waals surface area contributed by atoms with Crippen LogP contribution in [0, 0.1) is 12.8 Å². The van der Waals surface area contributed by atoms with Crippen LogP contribution in [-0.4, -0.2) is 46.7 Å². The summed E-state index contributed by atoms with van der Waals surface area (Å²) in [7, 11) is 0. The van der Waals surface area contributed by atoms with Crippen LogP contribution in [0.2, 0.25) is 0 Å². The number of amides is 1. The van der Waals surface area contributed by atoms with E-state index >= 15 is 0 Å². The molecule has 1 amide bonds. The van der Waals surface area contributed by atoms with Crippen molar-refractivity contribution >= 4 is 5.91 Å². The highest BCUT2D eigenvalue weighted by molar-refractivity contribution is 5.92. The number of aromatic nitrogens is 2. The molecule has 4 rings (SSSR count). The molecule has 1 aromatic heterocycles.